The van der Waals surface area contributed by atoms with Crippen molar-refractivity contribution in [2.75, 3.05) is 13.7 Å². The summed E-state index contributed by atoms with van der Waals surface area (Å²) in [5, 5.41) is 3.23. The summed E-state index contributed by atoms with van der Waals surface area (Å²) >= 11 is 5.85. The molecule has 0 aliphatic heterocycles. The van der Waals surface area contributed by atoms with Crippen LogP contribution in [0.1, 0.15) is 34.7 Å². The van der Waals surface area contributed by atoms with Gasteiger partial charge in [-0.15, -0.1) is 0 Å². The summed E-state index contributed by atoms with van der Waals surface area (Å²) in [4.78, 5) is 20.3. The number of hydrogen-bond donors (Lipinski definition) is 2. The fourth-order valence-electron chi connectivity index (χ4n) is 4.05. The Morgan fingerprint density at radius 3 is 2.71 bits per heavy atom. The molecule has 1 amide bonds. The highest BCUT2D eigenvalue weighted by Crippen LogP contribution is 2.40. The van der Waals surface area contributed by atoms with Gasteiger partial charge in [-0.05, 0) is 53.6 Å². The SMILES string of the molecule is COc1ccc2[nH]cc([C@@H](CC(=O)NCCc3ccccn3)c3ccc(Cl)c(C(F)(F)F)c3)c2c1. The predicted molar refractivity (Wildman–Crippen MR) is 129 cm³/mol. The number of pyridine rings is 1. The molecule has 0 spiro atoms. The minimum Gasteiger partial charge on any atom is -0.497 e. The van der Waals surface area contributed by atoms with E-state index in [0.29, 0.717) is 29.8 Å². The summed E-state index contributed by atoms with van der Waals surface area (Å²) in [5.74, 6) is -0.334. The maximum atomic E-state index is 13.6. The molecule has 5 nitrogen and oxygen atoms in total. The van der Waals surface area contributed by atoms with Gasteiger partial charge in [-0.1, -0.05) is 23.7 Å². The van der Waals surface area contributed by atoms with E-state index in [-0.39, 0.29) is 17.4 Å². The maximum Gasteiger partial charge on any atom is 0.417 e. The maximum absolute atomic E-state index is 13.6. The van der Waals surface area contributed by atoms with Gasteiger partial charge in [0.1, 0.15) is 5.75 Å². The monoisotopic (exact) mass is 501 g/mol. The summed E-state index contributed by atoms with van der Waals surface area (Å²) in [6.45, 7) is 0.360. The van der Waals surface area contributed by atoms with Gasteiger partial charge in [-0.25, -0.2) is 0 Å². The second kappa shape index (κ2) is 10.4. The van der Waals surface area contributed by atoms with Crippen LogP contribution in [0.4, 0.5) is 13.2 Å². The number of amides is 1. The molecular formula is C26H23ClF3N3O2. The molecule has 0 saturated heterocycles. The van der Waals surface area contributed by atoms with E-state index in [9.17, 15) is 18.0 Å². The molecule has 0 saturated carbocycles. The van der Waals surface area contributed by atoms with E-state index < -0.39 is 17.7 Å². The fourth-order valence-corrected chi connectivity index (χ4v) is 4.28. The van der Waals surface area contributed by atoms with Crippen LogP contribution >= 0.6 is 11.6 Å². The van der Waals surface area contributed by atoms with E-state index in [2.05, 4.69) is 15.3 Å². The molecular weight excluding hydrogens is 479 g/mol. The van der Waals surface area contributed by atoms with Gasteiger partial charge in [0, 0.05) is 54.3 Å². The van der Waals surface area contributed by atoms with Crippen LogP contribution in [0, 0.1) is 0 Å². The normalized spacial score (nSPS) is 12.5. The highest BCUT2D eigenvalue weighted by atomic mass is 35.5. The van der Waals surface area contributed by atoms with Gasteiger partial charge in [0.05, 0.1) is 17.7 Å². The highest BCUT2D eigenvalue weighted by Gasteiger charge is 2.34. The first-order chi connectivity index (χ1) is 16.8. The largest absolute Gasteiger partial charge is 0.497 e. The van der Waals surface area contributed by atoms with Crippen LogP contribution in [-0.4, -0.2) is 29.5 Å². The molecule has 0 aliphatic carbocycles. The van der Waals surface area contributed by atoms with Crippen LogP contribution in [0.5, 0.6) is 5.75 Å². The smallest absolute Gasteiger partial charge is 0.417 e. The molecule has 2 aromatic heterocycles. The van der Waals surface area contributed by atoms with Gasteiger partial charge < -0.3 is 15.0 Å². The van der Waals surface area contributed by atoms with Crippen molar-refractivity contribution in [3.05, 3.63) is 94.4 Å². The number of hydrogen-bond acceptors (Lipinski definition) is 3. The number of halogens is 4. The first-order valence-corrected chi connectivity index (χ1v) is 11.3. The Bertz CT molecular complexity index is 1320. The summed E-state index contributed by atoms with van der Waals surface area (Å²) in [5.41, 5.74) is 1.71. The Morgan fingerprint density at radius 2 is 2.00 bits per heavy atom. The Balaban J connectivity index is 1.66. The van der Waals surface area contributed by atoms with Gasteiger partial charge in [0.2, 0.25) is 5.91 Å². The predicted octanol–water partition coefficient (Wildman–Crippen LogP) is 6.12. The van der Waals surface area contributed by atoms with Crippen molar-refractivity contribution >= 4 is 28.4 Å². The number of methoxy groups -OCH3 is 1. The third kappa shape index (κ3) is 5.77. The average Bonchev–Trinajstić information content (AvgIpc) is 3.26. The van der Waals surface area contributed by atoms with Crippen molar-refractivity contribution in [2.24, 2.45) is 0 Å². The lowest BCUT2D eigenvalue weighted by Crippen LogP contribution is -2.27. The lowest BCUT2D eigenvalue weighted by atomic mass is 9.87. The van der Waals surface area contributed by atoms with Gasteiger partial charge >= 0.3 is 6.18 Å². The van der Waals surface area contributed by atoms with Crippen molar-refractivity contribution in [3.8, 4) is 5.75 Å². The van der Waals surface area contributed by atoms with Crippen LogP contribution < -0.4 is 10.1 Å². The standard InChI is InChI=1S/C26H23ClF3N3O2/c1-35-18-6-8-24-20(13-18)21(15-33-24)19(16-5-7-23(27)22(12-16)26(28,29)30)14-25(34)32-11-9-17-4-2-3-10-31-17/h2-8,10,12-13,15,19,33H,9,11,14H2,1H3,(H,32,34)/t19-/m0/s1. The van der Waals surface area contributed by atoms with Gasteiger partial charge in [0.15, 0.2) is 0 Å². The summed E-state index contributed by atoms with van der Waals surface area (Å²) < 4.78 is 46.1. The zero-order valence-electron chi connectivity index (χ0n) is 18.8. The molecule has 2 heterocycles. The average molecular weight is 502 g/mol. The number of ether oxygens (including phenoxy) is 1. The highest BCUT2D eigenvalue weighted by molar-refractivity contribution is 6.31. The number of aromatic amines is 1. The number of benzene rings is 2. The van der Waals surface area contributed by atoms with Crippen molar-refractivity contribution in [3.63, 3.8) is 0 Å². The molecule has 0 aliphatic rings. The Labute approximate surface area is 205 Å². The van der Waals surface area contributed by atoms with Crippen LogP contribution in [0.25, 0.3) is 10.9 Å². The van der Waals surface area contributed by atoms with E-state index in [0.717, 1.165) is 22.7 Å². The van der Waals surface area contributed by atoms with Gasteiger partial charge in [0.25, 0.3) is 0 Å². The van der Waals surface area contributed by atoms with E-state index in [1.54, 1.807) is 24.5 Å². The Morgan fingerprint density at radius 1 is 1.17 bits per heavy atom. The number of nitrogens with zero attached hydrogens (tertiary/aromatic N) is 1. The summed E-state index contributed by atoms with van der Waals surface area (Å²) in [6.07, 6.45) is -0.729. The molecule has 1 atom stereocenters. The number of carbonyl (C=O) groups excluding carboxylic acids is 1. The van der Waals surface area contributed by atoms with Crippen LogP contribution in [0.3, 0.4) is 0 Å². The quantitative estimate of drug-likeness (QED) is 0.305. The Hall–Kier alpha value is -3.52. The van der Waals surface area contributed by atoms with E-state index >= 15 is 0 Å². The van der Waals surface area contributed by atoms with E-state index in [1.807, 2.05) is 24.3 Å². The lowest BCUT2D eigenvalue weighted by molar-refractivity contribution is -0.137. The number of fused-ring (bicyclic) bond motifs is 1. The van der Waals surface area contributed by atoms with Crippen molar-refractivity contribution in [2.45, 2.75) is 24.9 Å². The first kappa shape index (κ1) is 24.6. The molecule has 4 aromatic rings. The molecule has 2 aromatic carbocycles. The summed E-state index contributed by atoms with van der Waals surface area (Å²) in [6, 6.07) is 14.7. The molecule has 0 unspecified atom stereocenters. The molecule has 182 valence electrons. The Kier molecular flexibility index (Phi) is 7.31. The zero-order chi connectivity index (χ0) is 25.0. The molecule has 35 heavy (non-hydrogen) atoms. The van der Waals surface area contributed by atoms with Gasteiger partial charge in [-0.3, -0.25) is 9.78 Å². The van der Waals surface area contributed by atoms with Crippen molar-refractivity contribution in [1.82, 2.24) is 15.3 Å². The van der Waals surface area contributed by atoms with E-state index in [4.69, 9.17) is 16.3 Å². The first-order valence-electron chi connectivity index (χ1n) is 10.9. The van der Waals surface area contributed by atoms with Crippen molar-refractivity contribution in [1.29, 1.82) is 0 Å². The third-order valence-corrected chi connectivity index (χ3v) is 6.14. The zero-order valence-corrected chi connectivity index (χ0v) is 19.6. The second-order valence-electron chi connectivity index (χ2n) is 8.07. The van der Waals surface area contributed by atoms with E-state index in [1.165, 1.54) is 19.2 Å². The molecule has 0 bridgehead atoms. The fraction of sp³-hybridized carbons (Fsp3) is 0.231. The molecule has 2 N–H and O–H groups in total. The lowest BCUT2D eigenvalue weighted by Gasteiger charge is -2.19. The number of aromatic nitrogens is 2. The third-order valence-electron chi connectivity index (χ3n) is 5.81. The van der Waals surface area contributed by atoms with Crippen LogP contribution in [0.2, 0.25) is 5.02 Å². The molecule has 0 radical (unpaired) electrons. The number of rotatable bonds is 8. The number of carbonyl (C=O) groups is 1. The minimum atomic E-state index is -4.62. The topological polar surface area (TPSA) is 67.0 Å². The second-order valence-corrected chi connectivity index (χ2v) is 8.48. The van der Waals surface area contributed by atoms with Crippen LogP contribution in [0.15, 0.2) is 67.0 Å². The minimum absolute atomic E-state index is 0.0503. The summed E-state index contributed by atoms with van der Waals surface area (Å²) in [7, 11) is 1.54. The van der Waals surface area contributed by atoms with Gasteiger partial charge in [-0.2, -0.15) is 13.2 Å². The van der Waals surface area contributed by atoms with Crippen molar-refractivity contribution < 1.29 is 22.7 Å². The molecule has 9 heteroatoms. The number of nitrogens with one attached hydrogen (secondary N) is 2. The van der Waals surface area contributed by atoms with Crippen LogP contribution in [-0.2, 0) is 17.4 Å². The molecule has 0 fully saturated rings. The number of alkyl halides is 3. The molecule has 4 rings (SSSR count). The number of H-pyrrole nitrogens is 1.